The van der Waals surface area contributed by atoms with Crippen molar-refractivity contribution in [3.8, 4) is 0 Å². The molecule has 3 aromatic rings. The summed E-state index contributed by atoms with van der Waals surface area (Å²) in [7, 11) is -3.32. The average Bonchev–Trinajstić information content (AvgIpc) is 3.18. The second-order valence-corrected chi connectivity index (χ2v) is 12.6. The molecule has 0 spiro atoms. The Hall–Kier alpha value is -2.94. The second-order valence-electron chi connectivity index (χ2n) is 8.29. The number of hydrogen-bond donors (Lipinski definition) is 1. The van der Waals surface area contributed by atoms with Gasteiger partial charge < -0.3 is 9.80 Å². The molecular formula is C21H25ClFN7O4S2. The highest BCUT2D eigenvalue weighted by atomic mass is 35.5. The van der Waals surface area contributed by atoms with Crippen molar-refractivity contribution in [1.29, 1.82) is 0 Å². The fourth-order valence-electron chi connectivity index (χ4n) is 3.76. The van der Waals surface area contributed by atoms with Crippen molar-refractivity contribution in [3.63, 3.8) is 0 Å². The van der Waals surface area contributed by atoms with Gasteiger partial charge in [0.05, 0.1) is 15.5 Å². The lowest BCUT2D eigenvalue weighted by Gasteiger charge is -2.36. The molecule has 4 rings (SSSR count). The Morgan fingerprint density at radius 3 is 2.11 bits per heavy atom. The minimum atomic E-state index is -4.06. The minimum Gasteiger partial charge on any atom is -0.366 e. The summed E-state index contributed by atoms with van der Waals surface area (Å²) in [6, 6.07) is 9.43. The van der Waals surface area contributed by atoms with E-state index >= 15 is 0 Å². The highest BCUT2D eigenvalue weighted by molar-refractivity contribution is 7.92. The van der Waals surface area contributed by atoms with Crippen LogP contribution >= 0.6 is 11.6 Å². The summed E-state index contributed by atoms with van der Waals surface area (Å²) in [6.45, 7) is 2.08. The number of nitrogens with one attached hydrogen (secondary N) is 1. The van der Waals surface area contributed by atoms with Crippen molar-refractivity contribution in [2.75, 3.05) is 54.8 Å². The topological polar surface area (TPSA) is 121 Å². The van der Waals surface area contributed by atoms with Gasteiger partial charge in [-0.15, -0.1) is 5.10 Å². The highest BCUT2D eigenvalue weighted by Gasteiger charge is 2.25. The summed E-state index contributed by atoms with van der Waals surface area (Å²) < 4.78 is 69.2. The Labute approximate surface area is 214 Å². The van der Waals surface area contributed by atoms with Crippen LogP contribution in [0, 0.1) is 5.82 Å². The number of hydrogen-bond acceptors (Lipinski definition) is 8. The van der Waals surface area contributed by atoms with Crippen LogP contribution in [0.3, 0.4) is 0 Å². The van der Waals surface area contributed by atoms with E-state index in [1.165, 1.54) is 49.1 Å². The normalized spacial score (nSPS) is 14.9. The average molecular weight is 558 g/mol. The van der Waals surface area contributed by atoms with Crippen LogP contribution in [-0.4, -0.2) is 76.2 Å². The van der Waals surface area contributed by atoms with Crippen molar-refractivity contribution in [2.24, 2.45) is 7.05 Å². The Balaban J connectivity index is 1.45. The first-order chi connectivity index (χ1) is 16.9. The molecule has 36 heavy (non-hydrogen) atoms. The molecule has 1 N–H and O–H groups in total. The molecule has 1 fully saturated rings. The van der Waals surface area contributed by atoms with Crippen LogP contribution in [0.1, 0.15) is 0 Å². The van der Waals surface area contributed by atoms with Gasteiger partial charge in [-0.05, 0) is 42.5 Å². The Bertz CT molecular complexity index is 1470. The molecule has 1 aliphatic rings. The fourth-order valence-corrected chi connectivity index (χ4v) is 5.76. The lowest BCUT2D eigenvalue weighted by atomic mass is 10.2. The van der Waals surface area contributed by atoms with Gasteiger partial charge in [-0.2, -0.15) is 4.98 Å². The summed E-state index contributed by atoms with van der Waals surface area (Å²) in [5.74, 6) is -0.0568. The molecule has 0 bridgehead atoms. The van der Waals surface area contributed by atoms with Crippen LogP contribution < -0.4 is 14.5 Å². The third kappa shape index (κ3) is 5.26. The highest BCUT2D eigenvalue weighted by Crippen LogP contribution is 2.26. The van der Waals surface area contributed by atoms with Crippen LogP contribution in [0.25, 0.3) is 0 Å². The van der Waals surface area contributed by atoms with Crippen molar-refractivity contribution in [1.82, 2.24) is 19.1 Å². The predicted octanol–water partition coefficient (Wildman–Crippen LogP) is 1.99. The van der Waals surface area contributed by atoms with Crippen LogP contribution in [0.4, 0.5) is 22.0 Å². The van der Waals surface area contributed by atoms with Crippen molar-refractivity contribution in [2.45, 2.75) is 9.79 Å². The zero-order chi connectivity index (χ0) is 26.3. The van der Waals surface area contributed by atoms with Gasteiger partial charge in [0.2, 0.25) is 16.0 Å². The van der Waals surface area contributed by atoms with Gasteiger partial charge in [-0.1, -0.05) is 11.6 Å². The van der Waals surface area contributed by atoms with Gasteiger partial charge in [0.25, 0.3) is 16.0 Å². The van der Waals surface area contributed by atoms with E-state index in [1.807, 2.05) is 9.80 Å². The van der Waals surface area contributed by atoms with Gasteiger partial charge in [-0.3, -0.25) is 0 Å². The van der Waals surface area contributed by atoms with Crippen LogP contribution in [0.15, 0.2) is 52.3 Å². The number of nitrogens with zero attached hydrogens (tertiary/aromatic N) is 6. The van der Waals surface area contributed by atoms with Crippen molar-refractivity contribution in [3.05, 3.63) is 53.3 Å². The summed E-state index contributed by atoms with van der Waals surface area (Å²) in [4.78, 5) is 8.00. The van der Waals surface area contributed by atoms with Gasteiger partial charge in [-0.25, -0.2) is 34.9 Å². The Morgan fingerprint density at radius 1 is 0.944 bits per heavy atom. The molecule has 0 atom stereocenters. The number of benzene rings is 2. The summed E-state index contributed by atoms with van der Waals surface area (Å²) in [5.41, 5.74) is 0.467. The quantitative estimate of drug-likeness (QED) is 0.468. The largest absolute Gasteiger partial charge is 0.366 e. The zero-order valence-corrected chi connectivity index (χ0v) is 22.1. The number of piperazine rings is 1. The zero-order valence-electron chi connectivity index (χ0n) is 19.8. The van der Waals surface area contributed by atoms with E-state index < -0.39 is 25.9 Å². The van der Waals surface area contributed by atoms with E-state index in [9.17, 15) is 21.2 Å². The summed E-state index contributed by atoms with van der Waals surface area (Å²) >= 11 is 5.84. The molecule has 0 aliphatic carbocycles. The van der Waals surface area contributed by atoms with Gasteiger partial charge >= 0.3 is 0 Å². The molecule has 2 heterocycles. The molecule has 194 valence electrons. The SMILES string of the molecule is CN(C)S(=O)(=O)c1ccc(S(=O)(=O)Nc2nc(N3CCN(c4ccc(Cl)cc4F)CC3)n(C)n2)cc1. The molecule has 1 aromatic heterocycles. The molecule has 0 saturated carbocycles. The molecule has 1 saturated heterocycles. The number of halogens is 2. The first kappa shape index (κ1) is 26.1. The monoisotopic (exact) mass is 557 g/mol. The summed E-state index contributed by atoms with van der Waals surface area (Å²) in [6.07, 6.45) is 0. The third-order valence-corrected chi connectivity index (χ3v) is 9.10. The van der Waals surface area contributed by atoms with Gasteiger partial charge in [0.15, 0.2) is 0 Å². The van der Waals surface area contributed by atoms with Crippen LogP contribution in [0.5, 0.6) is 0 Å². The van der Waals surface area contributed by atoms with Crippen molar-refractivity contribution >= 4 is 49.2 Å². The molecule has 0 radical (unpaired) electrons. The predicted molar refractivity (Wildman–Crippen MR) is 135 cm³/mol. The Kier molecular flexibility index (Phi) is 7.14. The van der Waals surface area contributed by atoms with Gasteiger partial charge in [0, 0.05) is 52.3 Å². The first-order valence-corrected chi connectivity index (χ1v) is 14.1. The second kappa shape index (κ2) is 9.84. The number of rotatable bonds is 7. The van der Waals surface area contributed by atoms with E-state index in [0.29, 0.717) is 42.8 Å². The first-order valence-electron chi connectivity index (χ1n) is 10.8. The lowest BCUT2D eigenvalue weighted by Crippen LogP contribution is -2.47. The number of aromatic nitrogens is 3. The molecule has 0 amide bonds. The summed E-state index contributed by atoms with van der Waals surface area (Å²) in [5, 5.41) is 4.49. The third-order valence-electron chi connectivity index (χ3n) is 5.69. The van der Waals surface area contributed by atoms with E-state index in [1.54, 1.807) is 19.2 Å². The van der Waals surface area contributed by atoms with Crippen LogP contribution in [0.2, 0.25) is 5.02 Å². The molecule has 11 nitrogen and oxygen atoms in total. The number of sulfonamides is 2. The van der Waals surface area contributed by atoms with Crippen LogP contribution in [-0.2, 0) is 27.1 Å². The van der Waals surface area contributed by atoms with E-state index in [-0.39, 0.29) is 15.7 Å². The van der Waals surface area contributed by atoms with Crippen molar-refractivity contribution < 1.29 is 21.2 Å². The minimum absolute atomic E-state index is 0.0256. The fraction of sp³-hybridized carbons (Fsp3) is 0.333. The molecule has 0 unspecified atom stereocenters. The Morgan fingerprint density at radius 2 is 1.53 bits per heavy atom. The van der Waals surface area contributed by atoms with Gasteiger partial charge in [0.1, 0.15) is 5.82 Å². The number of aryl methyl sites for hydroxylation is 1. The molecular weight excluding hydrogens is 533 g/mol. The molecule has 1 aliphatic heterocycles. The maximum atomic E-state index is 14.3. The van der Waals surface area contributed by atoms with E-state index in [2.05, 4.69) is 14.8 Å². The smallest absolute Gasteiger partial charge is 0.264 e. The lowest BCUT2D eigenvalue weighted by molar-refractivity contribution is 0.520. The maximum Gasteiger partial charge on any atom is 0.264 e. The molecule has 15 heteroatoms. The maximum absolute atomic E-state index is 14.3. The molecule has 2 aromatic carbocycles. The van der Waals surface area contributed by atoms with E-state index in [0.717, 1.165) is 4.31 Å². The van der Waals surface area contributed by atoms with E-state index in [4.69, 9.17) is 11.6 Å². The standard InChI is InChI=1S/C21H25ClFN7O4S2/c1-27(2)36(33,34)17-7-5-16(6-8-17)35(31,32)26-20-24-21(28(3)25-20)30-12-10-29(11-13-30)19-9-4-15(22)14-18(19)23/h4-9,14H,10-13H2,1-3H3,(H,25,26). The number of anilines is 3.